The van der Waals surface area contributed by atoms with Crippen LogP contribution in [0.4, 0.5) is 4.39 Å². The molecule has 0 N–H and O–H groups in total. The molecule has 0 aliphatic heterocycles. The lowest BCUT2D eigenvalue weighted by atomic mass is 9.95. The summed E-state index contributed by atoms with van der Waals surface area (Å²) in [7, 11) is 0. The fraction of sp³-hybridized carbons (Fsp3) is 0.158. The summed E-state index contributed by atoms with van der Waals surface area (Å²) in [6, 6.07) is 21.0. The first kappa shape index (κ1) is 12.9. The van der Waals surface area contributed by atoms with Gasteiger partial charge in [0.2, 0.25) is 0 Å². The van der Waals surface area contributed by atoms with Crippen molar-refractivity contribution in [2.45, 2.75) is 13.3 Å². The fourth-order valence-electron chi connectivity index (χ4n) is 2.66. The lowest BCUT2D eigenvalue weighted by Crippen LogP contribution is -1.88. The molecule has 20 heavy (non-hydrogen) atoms. The van der Waals surface area contributed by atoms with Crippen LogP contribution in [0.3, 0.4) is 0 Å². The standard InChI is InChI=1S/C19H17F/c1-14-6-11-18(19-5-3-2-4-17(14)19)16-9-7-15(8-10-16)12-13-20/h2-11H,12-13H2,1H3. The number of hydrogen-bond donors (Lipinski definition) is 0. The van der Waals surface area contributed by atoms with E-state index in [-0.39, 0.29) is 6.67 Å². The maximum Gasteiger partial charge on any atom is 0.0934 e. The summed E-state index contributed by atoms with van der Waals surface area (Å²) in [5.41, 5.74) is 4.76. The van der Waals surface area contributed by atoms with Crippen LogP contribution in [0.5, 0.6) is 0 Å². The molecule has 0 saturated carbocycles. The fourth-order valence-corrected chi connectivity index (χ4v) is 2.66. The van der Waals surface area contributed by atoms with E-state index in [1.807, 2.05) is 12.1 Å². The van der Waals surface area contributed by atoms with Crippen molar-refractivity contribution in [3.05, 3.63) is 71.8 Å². The number of alkyl halides is 1. The zero-order valence-electron chi connectivity index (χ0n) is 11.6. The lowest BCUT2D eigenvalue weighted by Gasteiger charge is -2.10. The van der Waals surface area contributed by atoms with Gasteiger partial charge in [0, 0.05) is 6.42 Å². The Labute approximate surface area is 118 Å². The van der Waals surface area contributed by atoms with Crippen LogP contribution in [0, 0.1) is 6.92 Å². The first-order chi connectivity index (χ1) is 9.79. The Bertz CT molecular complexity index is 726. The van der Waals surface area contributed by atoms with Crippen LogP contribution in [-0.2, 0) is 6.42 Å². The van der Waals surface area contributed by atoms with E-state index in [1.54, 1.807) is 0 Å². The Balaban J connectivity index is 2.12. The zero-order valence-corrected chi connectivity index (χ0v) is 11.6. The molecular weight excluding hydrogens is 247 g/mol. The minimum atomic E-state index is -0.299. The monoisotopic (exact) mass is 264 g/mol. The first-order valence-electron chi connectivity index (χ1n) is 6.93. The van der Waals surface area contributed by atoms with Crippen LogP contribution in [0.2, 0.25) is 0 Å². The highest BCUT2D eigenvalue weighted by molar-refractivity contribution is 5.98. The van der Waals surface area contributed by atoms with Crippen molar-refractivity contribution in [2.75, 3.05) is 6.67 Å². The van der Waals surface area contributed by atoms with Gasteiger partial charge in [0.15, 0.2) is 0 Å². The SMILES string of the molecule is Cc1ccc(-c2ccc(CCF)cc2)c2ccccc12. The Kier molecular flexibility index (Phi) is 3.51. The molecule has 0 amide bonds. The first-order valence-corrected chi connectivity index (χ1v) is 6.93. The molecule has 0 fully saturated rings. The molecule has 0 nitrogen and oxygen atoms in total. The van der Waals surface area contributed by atoms with E-state index in [0.717, 1.165) is 5.56 Å². The average Bonchev–Trinajstić information content (AvgIpc) is 2.49. The van der Waals surface area contributed by atoms with E-state index in [2.05, 4.69) is 55.5 Å². The third kappa shape index (κ3) is 2.32. The molecule has 0 radical (unpaired) electrons. The van der Waals surface area contributed by atoms with E-state index >= 15 is 0 Å². The van der Waals surface area contributed by atoms with Gasteiger partial charge in [-0.25, -0.2) is 0 Å². The van der Waals surface area contributed by atoms with Crippen molar-refractivity contribution >= 4 is 10.8 Å². The van der Waals surface area contributed by atoms with Crippen molar-refractivity contribution in [3.63, 3.8) is 0 Å². The van der Waals surface area contributed by atoms with Crippen LogP contribution >= 0.6 is 0 Å². The number of aryl methyl sites for hydroxylation is 2. The van der Waals surface area contributed by atoms with Gasteiger partial charge in [-0.2, -0.15) is 0 Å². The van der Waals surface area contributed by atoms with E-state index in [1.165, 1.54) is 27.5 Å². The third-order valence-corrected chi connectivity index (χ3v) is 3.79. The molecule has 3 aromatic rings. The van der Waals surface area contributed by atoms with Crippen molar-refractivity contribution in [1.29, 1.82) is 0 Å². The normalized spacial score (nSPS) is 10.9. The minimum Gasteiger partial charge on any atom is -0.251 e. The van der Waals surface area contributed by atoms with E-state index in [9.17, 15) is 4.39 Å². The molecular formula is C19H17F. The average molecular weight is 264 g/mol. The number of hydrogen-bond acceptors (Lipinski definition) is 0. The topological polar surface area (TPSA) is 0 Å². The molecule has 3 rings (SSSR count). The highest BCUT2D eigenvalue weighted by atomic mass is 19.1. The summed E-state index contributed by atoms with van der Waals surface area (Å²) in [6.45, 7) is 1.84. The minimum absolute atomic E-state index is 0.299. The summed E-state index contributed by atoms with van der Waals surface area (Å²) in [4.78, 5) is 0. The van der Waals surface area contributed by atoms with Gasteiger partial charge in [-0.15, -0.1) is 0 Å². The van der Waals surface area contributed by atoms with Crippen molar-refractivity contribution in [2.24, 2.45) is 0 Å². The van der Waals surface area contributed by atoms with Gasteiger partial charge >= 0.3 is 0 Å². The summed E-state index contributed by atoms with van der Waals surface area (Å²) >= 11 is 0. The van der Waals surface area contributed by atoms with E-state index < -0.39 is 0 Å². The molecule has 0 bridgehead atoms. The highest BCUT2D eigenvalue weighted by Gasteiger charge is 2.05. The Morgan fingerprint density at radius 1 is 0.800 bits per heavy atom. The van der Waals surface area contributed by atoms with Gasteiger partial charge < -0.3 is 0 Å². The van der Waals surface area contributed by atoms with E-state index in [4.69, 9.17) is 0 Å². The molecule has 1 heteroatoms. The van der Waals surface area contributed by atoms with Crippen molar-refractivity contribution in [3.8, 4) is 11.1 Å². The predicted octanol–water partition coefficient (Wildman–Crippen LogP) is 5.33. The third-order valence-electron chi connectivity index (χ3n) is 3.79. The maximum atomic E-state index is 12.4. The van der Waals surface area contributed by atoms with E-state index in [0.29, 0.717) is 6.42 Å². The molecule has 0 aromatic heterocycles. The molecule has 0 aliphatic rings. The highest BCUT2D eigenvalue weighted by Crippen LogP contribution is 2.30. The Hall–Kier alpha value is -2.15. The molecule has 0 heterocycles. The van der Waals surface area contributed by atoms with Crippen molar-refractivity contribution in [1.82, 2.24) is 0 Å². The largest absolute Gasteiger partial charge is 0.251 e. The molecule has 0 unspecified atom stereocenters. The summed E-state index contributed by atoms with van der Waals surface area (Å²) in [5, 5.41) is 2.56. The molecule has 100 valence electrons. The van der Waals surface area contributed by atoms with Crippen LogP contribution in [0.25, 0.3) is 21.9 Å². The molecule has 0 saturated heterocycles. The Morgan fingerprint density at radius 2 is 1.50 bits per heavy atom. The predicted molar refractivity (Wildman–Crippen MR) is 83.8 cm³/mol. The molecule has 0 atom stereocenters. The van der Waals surface area contributed by atoms with Gasteiger partial charge in [0.1, 0.15) is 0 Å². The number of rotatable bonds is 3. The van der Waals surface area contributed by atoms with Crippen LogP contribution in [0.1, 0.15) is 11.1 Å². The number of fused-ring (bicyclic) bond motifs is 1. The second kappa shape index (κ2) is 5.46. The zero-order chi connectivity index (χ0) is 13.9. The molecule has 0 spiro atoms. The van der Waals surface area contributed by atoms with Gasteiger partial charge in [0.05, 0.1) is 6.67 Å². The van der Waals surface area contributed by atoms with Crippen LogP contribution in [-0.4, -0.2) is 6.67 Å². The molecule has 3 aromatic carbocycles. The van der Waals surface area contributed by atoms with Gasteiger partial charge in [0.25, 0.3) is 0 Å². The number of benzene rings is 3. The lowest BCUT2D eigenvalue weighted by molar-refractivity contribution is 0.495. The summed E-state index contributed by atoms with van der Waals surface area (Å²) in [5.74, 6) is 0. The second-order valence-corrected chi connectivity index (χ2v) is 5.11. The quantitative estimate of drug-likeness (QED) is 0.600. The number of halogens is 1. The van der Waals surface area contributed by atoms with Crippen LogP contribution in [0.15, 0.2) is 60.7 Å². The van der Waals surface area contributed by atoms with Gasteiger partial charge in [-0.1, -0.05) is 60.7 Å². The summed E-state index contributed by atoms with van der Waals surface area (Å²) in [6.07, 6.45) is 0.495. The maximum absolute atomic E-state index is 12.4. The Morgan fingerprint density at radius 3 is 2.20 bits per heavy atom. The smallest absolute Gasteiger partial charge is 0.0934 e. The summed E-state index contributed by atoms with van der Waals surface area (Å²) < 4.78 is 12.4. The van der Waals surface area contributed by atoms with Crippen molar-refractivity contribution < 1.29 is 4.39 Å². The van der Waals surface area contributed by atoms with Crippen LogP contribution < -0.4 is 0 Å². The second-order valence-electron chi connectivity index (χ2n) is 5.11. The van der Waals surface area contributed by atoms with Gasteiger partial charge in [-0.3, -0.25) is 4.39 Å². The molecule has 0 aliphatic carbocycles. The van der Waals surface area contributed by atoms with Gasteiger partial charge in [-0.05, 0) is 39.9 Å².